The van der Waals surface area contributed by atoms with Gasteiger partial charge in [-0.2, -0.15) is 4.98 Å². The Morgan fingerprint density at radius 3 is 2.57 bits per heavy atom. The van der Waals surface area contributed by atoms with Gasteiger partial charge in [0.1, 0.15) is 5.52 Å². The Hall–Kier alpha value is -2.94. The number of aromatic nitrogens is 2. The number of hydrogen-bond donors (Lipinski definition) is 1. The van der Waals surface area contributed by atoms with Crippen molar-refractivity contribution in [1.29, 1.82) is 0 Å². The topological polar surface area (TPSA) is 105 Å². The molecule has 3 aromatic rings. The van der Waals surface area contributed by atoms with E-state index in [0.29, 0.717) is 37.6 Å². The maximum Gasteiger partial charge on any atom is 0.298 e. The highest BCUT2D eigenvalue weighted by atomic mass is 32.2. The lowest BCUT2D eigenvalue weighted by molar-refractivity contribution is -0.120. The SMILES string of the molecule is CS(=O)(=O)c1ccc(NC(=O)C2CCN(c3nc4ccccc4o3)CC2)cn1. The van der Waals surface area contributed by atoms with Crippen LogP contribution in [-0.4, -0.2) is 43.6 Å². The highest BCUT2D eigenvalue weighted by Gasteiger charge is 2.27. The molecule has 1 aliphatic rings. The quantitative estimate of drug-likeness (QED) is 0.717. The fourth-order valence-electron chi connectivity index (χ4n) is 3.25. The molecule has 1 N–H and O–H groups in total. The van der Waals surface area contributed by atoms with Crippen LogP contribution in [0.4, 0.5) is 11.7 Å². The maximum absolute atomic E-state index is 12.5. The van der Waals surface area contributed by atoms with Gasteiger partial charge >= 0.3 is 0 Å². The van der Waals surface area contributed by atoms with Crippen molar-refractivity contribution < 1.29 is 17.6 Å². The number of para-hydroxylation sites is 2. The van der Waals surface area contributed by atoms with Crippen molar-refractivity contribution in [2.24, 2.45) is 5.92 Å². The molecule has 28 heavy (non-hydrogen) atoms. The number of rotatable bonds is 4. The monoisotopic (exact) mass is 400 g/mol. The molecular weight excluding hydrogens is 380 g/mol. The molecule has 1 fully saturated rings. The Balaban J connectivity index is 1.36. The third-order valence-electron chi connectivity index (χ3n) is 4.80. The van der Waals surface area contributed by atoms with Crippen LogP contribution in [0.25, 0.3) is 11.1 Å². The maximum atomic E-state index is 12.5. The molecular formula is C19H20N4O4S. The molecule has 8 nitrogen and oxygen atoms in total. The van der Waals surface area contributed by atoms with Gasteiger partial charge in [-0.05, 0) is 37.1 Å². The molecule has 0 radical (unpaired) electrons. The molecule has 0 bridgehead atoms. The number of anilines is 2. The van der Waals surface area contributed by atoms with Crippen LogP contribution in [0, 0.1) is 5.92 Å². The minimum Gasteiger partial charge on any atom is -0.423 e. The summed E-state index contributed by atoms with van der Waals surface area (Å²) in [6.45, 7) is 1.35. The Morgan fingerprint density at radius 2 is 1.93 bits per heavy atom. The van der Waals surface area contributed by atoms with Crippen molar-refractivity contribution in [3.05, 3.63) is 42.6 Å². The number of sulfone groups is 1. The Morgan fingerprint density at radius 1 is 1.18 bits per heavy atom. The van der Waals surface area contributed by atoms with Crippen molar-refractivity contribution in [1.82, 2.24) is 9.97 Å². The molecule has 146 valence electrons. The average molecular weight is 400 g/mol. The van der Waals surface area contributed by atoms with E-state index in [9.17, 15) is 13.2 Å². The normalized spacial score (nSPS) is 15.7. The molecule has 0 spiro atoms. The van der Waals surface area contributed by atoms with Gasteiger partial charge in [0, 0.05) is 25.3 Å². The standard InChI is InChI=1S/C19H20N4O4S/c1-28(25,26)17-7-6-14(12-20-17)21-18(24)13-8-10-23(11-9-13)19-22-15-4-2-3-5-16(15)27-19/h2-7,12-13H,8-11H2,1H3,(H,21,24). The summed E-state index contributed by atoms with van der Waals surface area (Å²) in [5.41, 5.74) is 2.06. The predicted molar refractivity (Wildman–Crippen MR) is 105 cm³/mol. The minimum atomic E-state index is -3.36. The number of oxazole rings is 1. The summed E-state index contributed by atoms with van der Waals surface area (Å²) in [6, 6.07) is 11.1. The molecule has 0 aliphatic carbocycles. The second-order valence-corrected chi connectivity index (χ2v) is 8.83. The number of amides is 1. The van der Waals surface area contributed by atoms with Crippen molar-refractivity contribution in [3.8, 4) is 0 Å². The third-order valence-corrected chi connectivity index (χ3v) is 5.80. The van der Waals surface area contributed by atoms with Gasteiger partial charge in [0.25, 0.3) is 6.01 Å². The first-order valence-corrected chi connectivity index (χ1v) is 10.9. The van der Waals surface area contributed by atoms with E-state index in [1.54, 1.807) is 6.07 Å². The van der Waals surface area contributed by atoms with Gasteiger partial charge < -0.3 is 14.6 Å². The summed E-state index contributed by atoms with van der Waals surface area (Å²) >= 11 is 0. The summed E-state index contributed by atoms with van der Waals surface area (Å²) < 4.78 is 28.7. The number of carbonyl (C=O) groups excluding carboxylic acids is 1. The zero-order chi connectivity index (χ0) is 19.7. The number of piperidine rings is 1. The number of pyridine rings is 1. The van der Waals surface area contributed by atoms with Gasteiger partial charge in [0.15, 0.2) is 20.4 Å². The van der Waals surface area contributed by atoms with Crippen LogP contribution < -0.4 is 10.2 Å². The number of hydrogen-bond acceptors (Lipinski definition) is 7. The number of nitrogens with one attached hydrogen (secondary N) is 1. The molecule has 9 heteroatoms. The summed E-state index contributed by atoms with van der Waals surface area (Å²) in [6.07, 6.45) is 3.82. The zero-order valence-electron chi connectivity index (χ0n) is 15.3. The molecule has 0 atom stereocenters. The number of fused-ring (bicyclic) bond motifs is 1. The van der Waals surface area contributed by atoms with Crippen LogP contribution in [0.15, 0.2) is 52.0 Å². The van der Waals surface area contributed by atoms with E-state index in [2.05, 4.69) is 15.3 Å². The summed E-state index contributed by atoms with van der Waals surface area (Å²) in [7, 11) is -3.36. The van der Waals surface area contributed by atoms with Crippen LogP contribution in [0.5, 0.6) is 0 Å². The first-order valence-electron chi connectivity index (χ1n) is 8.98. The van der Waals surface area contributed by atoms with Crippen molar-refractivity contribution >= 4 is 38.5 Å². The fourth-order valence-corrected chi connectivity index (χ4v) is 3.81. The largest absolute Gasteiger partial charge is 0.423 e. The van der Waals surface area contributed by atoms with Gasteiger partial charge in [-0.25, -0.2) is 13.4 Å². The minimum absolute atomic E-state index is 0.0165. The van der Waals surface area contributed by atoms with Crippen molar-refractivity contribution in [3.63, 3.8) is 0 Å². The lowest BCUT2D eigenvalue weighted by Crippen LogP contribution is -2.38. The van der Waals surface area contributed by atoms with Crippen molar-refractivity contribution in [2.75, 3.05) is 29.6 Å². The number of benzene rings is 1. The number of nitrogens with zero attached hydrogens (tertiary/aromatic N) is 3. The Labute approximate surface area is 162 Å². The van der Waals surface area contributed by atoms with Gasteiger partial charge in [0.05, 0.1) is 11.9 Å². The first-order chi connectivity index (χ1) is 13.4. The first kappa shape index (κ1) is 18.4. The number of carbonyl (C=O) groups is 1. The second kappa shape index (κ2) is 7.23. The molecule has 2 aromatic heterocycles. The summed E-state index contributed by atoms with van der Waals surface area (Å²) in [5.74, 6) is -0.221. The highest BCUT2D eigenvalue weighted by Crippen LogP contribution is 2.27. The predicted octanol–water partition coefficient (Wildman–Crippen LogP) is 2.48. The van der Waals surface area contributed by atoms with E-state index in [1.165, 1.54) is 12.3 Å². The van der Waals surface area contributed by atoms with Gasteiger partial charge in [-0.1, -0.05) is 12.1 Å². The van der Waals surface area contributed by atoms with E-state index >= 15 is 0 Å². The second-order valence-electron chi connectivity index (χ2n) is 6.87. The van der Waals surface area contributed by atoms with Crippen molar-refractivity contribution in [2.45, 2.75) is 17.9 Å². The molecule has 0 unspecified atom stereocenters. The molecule has 1 saturated heterocycles. The Kier molecular flexibility index (Phi) is 4.76. The van der Waals surface area contributed by atoms with Gasteiger partial charge in [-0.3, -0.25) is 4.79 Å². The smallest absolute Gasteiger partial charge is 0.298 e. The molecule has 4 rings (SSSR count). The zero-order valence-corrected chi connectivity index (χ0v) is 16.1. The van der Waals surface area contributed by atoms with E-state index < -0.39 is 9.84 Å². The van der Waals surface area contributed by atoms with E-state index in [-0.39, 0.29) is 16.9 Å². The summed E-state index contributed by atoms with van der Waals surface area (Å²) in [4.78, 5) is 23.0. The molecule has 1 aliphatic heterocycles. The lowest BCUT2D eigenvalue weighted by Gasteiger charge is -2.30. The van der Waals surface area contributed by atoms with Crippen LogP contribution in [0.1, 0.15) is 12.8 Å². The molecule has 0 saturated carbocycles. The Bertz CT molecular complexity index is 1070. The van der Waals surface area contributed by atoms with Gasteiger partial charge in [-0.15, -0.1) is 0 Å². The van der Waals surface area contributed by atoms with Crippen LogP contribution in [-0.2, 0) is 14.6 Å². The van der Waals surface area contributed by atoms with Crippen LogP contribution in [0.3, 0.4) is 0 Å². The molecule has 1 aromatic carbocycles. The van der Waals surface area contributed by atoms with Gasteiger partial charge in [0.2, 0.25) is 5.91 Å². The summed E-state index contributed by atoms with van der Waals surface area (Å²) in [5, 5.41) is 2.80. The lowest BCUT2D eigenvalue weighted by atomic mass is 9.96. The molecule has 3 heterocycles. The van der Waals surface area contributed by atoms with E-state index in [4.69, 9.17) is 4.42 Å². The van der Waals surface area contributed by atoms with Crippen LogP contribution in [0.2, 0.25) is 0 Å². The highest BCUT2D eigenvalue weighted by molar-refractivity contribution is 7.90. The fraction of sp³-hybridized carbons (Fsp3) is 0.316. The average Bonchev–Trinajstić information content (AvgIpc) is 3.12. The van der Waals surface area contributed by atoms with E-state index in [0.717, 1.165) is 17.4 Å². The molecule has 1 amide bonds. The third kappa shape index (κ3) is 3.84. The van der Waals surface area contributed by atoms with E-state index in [1.807, 2.05) is 29.2 Å². The van der Waals surface area contributed by atoms with Crippen LogP contribution >= 0.6 is 0 Å².